The van der Waals surface area contributed by atoms with Gasteiger partial charge in [-0.3, -0.25) is 4.79 Å². The molecule has 0 radical (unpaired) electrons. The van der Waals surface area contributed by atoms with Crippen LogP contribution in [0.2, 0.25) is 0 Å². The van der Waals surface area contributed by atoms with E-state index in [-0.39, 0.29) is 53.8 Å². The molecule has 0 unspecified atom stereocenters. The smallest absolute Gasteiger partial charge is 0.339 e. The third-order valence-electron chi connectivity index (χ3n) is 3.97. The van der Waals surface area contributed by atoms with Crippen LogP contribution in [0.5, 0.6) is 11.5 Å². The Hall–Kier alpha value is -3.07. The summed E-state index contributed by atoms with van der Waals surface area (Å²) < 4.78 is 34.7. The Morgan fingerprint density at radius 1 is 1.03 bits per heavy atom. The van der Waals surface area contributed by atoms with E-state index in [0.29, 0.717) is 0 Å². The Kier molecular flexibility index (Phi) is 7.60. The summed E-state index contributed by atoms with van der Waals surface area (Å²) in [6.45, 7) is 1.78. The minimum absolute atomic E-state index is 0.0354. The molecule has 0 aromatic heterocycles. The maximum absolute atomic E-state index is 12.2. The van der Waals surface area contributed by atoms with Crippen molar-refractivity contribution in [2.75, 3.05) is 19.0 Å². The normalized spacial score (nSPS) is 11.1. The van der Waals surface area contributed by atoms with Crippen LogP contribution < -0.4 is 4.74 Å². The lowest BCUT2D eigenvalue weighted by Crippen LogP contribution is -2.14. The molecule has 0 bridgehead atoms. The van der Waals surface area contributed by atoms with Crippen molar-refractivity contribution in [1.29, 1.82) is 0 Å². The summed E-state index contributed by atoms with van der Waals surface area (Å²) in [5.41, 5.74) is 0.659. The molecule has 0 fully saturated rings. The summed E-state index contributed by atoms with van der Waals surface area (Å²) in [5.74, 6) is -2.18. The monoisotopic (exact) mass is 422 g/mol. The number of carboxylic acids is 1. The highest BCUT2D eigenvalue weighted by Gasteiger charge is 2.15. The topological polar surface area (TPSA) is 127 Å². The van der Waals surface area contributed by atoms with Gasteiger partial charge < -0.3 is 19.7 Å². The van der Waals surface area contributed by atoms with E-state index < -0.39 is 21.8 Å². The van der Waals surface area contributed by atoms with Gasteiger partial charge >= 0.3 is 11.9 Å². The van der Waals surface area contributed by atoms with Gasteiger partial charge in [0.25, 0.3) is 0 Å². The van der Waals surface area contributed by atoms with Crippen LogP contribution in [0.4, 0.5) is 0 Å². The minimum atomic E-state index is -3.43. The van der Waals surface area contributed by atoms with E-state index in [0.717, 1.165) is 11.6 Å². The average molecular weight is 422 g/mol. The van der Waals surface area contributed by atoms with Gasteiger partial charge in [0.2, 0.25) is 0 Å². The van der Waals surface area contributed by atoms with Crippen LogP contribution in [0, 0.1) is 6.92 Å². The molecule has 2 aromatic rings. The van der Waals surface area contributed by atoms with Gasteiger partial charge in [-0.2, -0.15) is 0 Å². The fourth-order valence-corrected chi connectivity index (χ4v) is 3.68. The predicted molar refractivity (Wildman–Crippen MR) is 104 cm³/mol. The minimum Gasteiger partial charge on any atom is -0.507 e. The predicted octanol–water partition coefficient (Wildman–Crippen LogP) is 2.57. The molecule has 0 saturated carbocycles. The number of hydrogen-bond acceptors (Lipinski definition) is 7. The van der Waals surface area contributed by atoms with Gasteiger partial charge in [-0.1, -0.05) is 17.7 Å². The number of aromatic carboxylic acids is 1. The van der Waals surface area contributed by atoms with E-state index in [1.54, 1.807) is 24.3 Å². The summed E-state index contributed by atoms with van der Waals surface area (Å²) in [7, 11) is -3.43. The molecule has 2 N–H and O–H groups in total. The second-order valence-electron chi connectivity index (χ2n) is 6.29. The largest absolute Gasteiger partial charge is 0.507 e. The molecule has 0 spiro atoms. The molecule has 0 saturated heterocycles. The molecule has 0 aliphatic heterocycles. The first-order valence-corrected chi connectivity index (χ1v) is 10.5. The number of aryl methyl sites for hydroxylation is 1. The maximum atomic E-state index is 12.2. The summed E-state index contributed by atoms with van der Waals surface area (Å²) in [4.78, 5) is 22.9. The van der Waals surface area contributed by atoms with Crippen LogP contribution in [0.15, 0.2) is 47.4 Å². The van der Waals surface area contributed by atoms with Gasteiger partial charge in [-0.15, -0.1) is 0 Å². The van der Waals surface area contributed by atoms with Crippen LogP contribution in [0.3, 0.4) is 0 Å². The van der Waals surface area contributed by atoms with Crippen molar-refractivity contribution < 1.29 is 37.7 Å². The Balaban J connectivity index is 1.70. The average Bonchev–Trinajstić information content (AvgIpc) is 2.66. The lowest BCUT2D eigenvalue weighted by Gasteiger charge is -2.09. The van der Waals surface area contributed by atoms with Crippen molar-refractivity contribution in [2.45, 2.75) is 24.7 Å². The number of carbonyl (C=O) groups excluding carboxylic acids is 1. The van der Waals surface area contributed by atoms with Crippen LogP contribution in [-0.4, -0.2) is 49.5 Å². The maximum Gasteiger partial charge on any atom is 0.339 e. The molecular weight excluding hydrogens is 400 g/mol. The van der Waals surface area contributed by atoms with Gasteiger partial charge in [0.15, 0.2) is 9.84 Å². The highest BCUT2D eigenvalue weighted by molar-refractivity contribution is 7.91. The number of hydrogen-bond donors (Lipinski definition) is 2. The summed E-state index contributed by atoms with van der Waals surface area (Å²) in [6.07, 6.45) is 0.0801. The Labute approximate surface area is 168 Å². The number of ether oxygens (including phenoxy) is 2. The van der Waals surface area contributed by atoms with Gasteiger partial charge in [0.1, 0.15) is 17.1 Å². The lowest BCUT2D eigenvalue weighted by molar-refractivity contribution is -0.144. The van der Waals surface area contributed by atoms with Crippen molar-refractivity contribution in [3.63, 3.8) is 0 Å². The number of sulfone groups is 1. The van der Waals surface area contributed by atoms with Crippen molar-refractivity contribution in [2.24, 2.45) is 0 Å². The molecule has 29 heavy (non-hydrogen) atoms. The van der Waals surface area contributed by atoms with Crippen molar-refractivity contribution in [3.05, 3.63) is 53.6 Å². The third-order valence-corrected chi connectivity index (χ3v) is 5.79. The summed E-state index contributed by atoms with van der Waals surface area (Å²) >= 11 is 0. The first-order chi connectivity index (χ1) is 13.7. The Bertz CT molecular complexity index is 964. The molecule has 0 heterocycles. The standard InChI is InChI=1S/C20H22O8S/c1-14-3-6-16(7-4-14)29(25,26)12-2-10-28-19(22)9-11-27-15-5-8-18(21)17(13-15)20(23)24/h3-8,13,21H,2,9-12H2,1H3,(H,23,24). The number of rotatable bonds is 10. The van der Waals surface area contributed by atoms with Gasteiger partial charge in [-0.05, 0) is 43.7 Å². The van der Waals surface area contributed by atoms with Crippen LogP contribution >= 0.6 is 0 Å². The first-order valence-electron chi connectivity index (χ1n) is 8.83. The quantitative estimate of drug-likeness (QED) is 0.442. The zero-order chi connectivity index (χ0) is 21.4. The van der Waals surface area contributed by atoms with Crippen LogP contribution in [-0.2, 0) is 19.4 Å². The number of benzene rings is 2. The molecule has 2 rings (SSSR count). The number of carboxylic acid groups (broad SMARTS) is 1. The molecule has 0 aliphatic rings. The summed E-state index contributed by atoms with van der Waals surface area (Å²) in [6, 6.07) is 10.3. The molecule has 0 amide bonds. The zero-order valence-corrected chi connectivity index (χ0v) is 16.6. The van der Waals surface area contributed by atoms with E-state index in [4.69, 9.17) is 14.6 Å². The van der Waals surface area contributed by atoms with Crippen molar-refractivity contribution >= 4 is 21.8 Å². The fourth-order valence-electron chi connectivity index (χ4n) is 2.40. The number of phenols is 1. The molecule has 8 nitrogen and oxygen atoms in total. The van der Waals surface area contributed by atoms with Crippen LogP contribution in [0.1, 0.15) is 28.8 Å². The van der Waals surface area contributed by atoms with E-state index in [2.05, 4.69) is 0 Å². The number of carbonyl (C=O) groups is 2. The SMILES string of the molecule is Cc1ccc(S(=O)(=O)CCCOC(=O)CCOc2ccc(O)c(C(=O)O)c2)cc1. The Morgan fingerprint density at radius 2 is 1.72 bits per heavy atom. The highest BCUT2D eigenvalue weighted by Crippen LogP contribution is 2.23. The van der Waals surface area contributed by atoms with E-state index in [9.17, 15) is 23.1 Å². The molecule has 0 atom stereocenters. The molecule has 2 aromatic carbocycles. The third kappa shape index (κ3) is 6.79. The summed E-state index contributed by atoms with van der Waals surface area (Å²) in [5, 5.41) is 18.4. The van der Waals surface area contributed by atoms with Gasteiger partial charge in [0, 0.05) is 0 Å². The van der Waals surface area contributed by atoms with Gasteiger partial charge in [-0.25, -0.2) is 13.2 Å². The first kappa shape index (κ1) is 22.2. The second kappa shape index (κ2) is 9.92. The highest BCUT2D eigenvalue weighted by atomic mass is 32.2. The van der Waals surface area contributed by atoms with Crippen molar-refractivity contribution in [1.82, 2.24) is 0 Å². The molecule has 156 valence electrons. The molecular formula is C20H22O8S. The van der Waals surface area contributed by atoms with Crippen molar-refractivity contribution in [3.8, 4) is 11.5 Å². The Morgan fingerprint density at radius 3 is 2.38 bits per heavy atom. The van der Waals surface area contributed by atoms with E-state index >= 15 is 0 Å². The van der Waals surface area contributed by atoms with E-state index in [1.807, 2.05) is 6.92 Å². The number of esters is 1. The van der Waals surface area contributed by atoms with Crippen LogP contribution in [0.25, 0.3) is 0 Å². The number of aromatic hydroxyl groups is 1. The zero-order valence-electron chi connectivity index (χ0n) is 15.8. The fraction of sp³-hybridized carbons (Fsp3) is 0.300. The molecule has 9 heteroatoms. The molecule has 0 aliphatic carbocycles. The van der Waals surface area contributed by atoms with E-state index in [1.165, 1.54) is 12.1 Å². The van der Waals surface area contributed by atoms with Gasteiger partial charge in [0.05, 0.1) is 30.3 Å². The lowest BCUT2D eigenvalue weighted by atomic mass is 10.2. The second-order valence-corrected chi connectivity index (χ2v) is 8.40.